The van der Waals surface area contributed by atoms with Crippen LogP contribution in [0.5, 0.6) is 11.6 Å². The van der Waals surface area contributed by atoms with Crippen LogP contribution in [0.2, 0.25) is 0 Å². The predicted molar refractivity (Wildman–Crippen MR) is 128 cm³/mol. The Morgan fingerprint density at radius 1 is 0.966 bits per heavy atom. The molecule has 0 bridgehead atoms. The lowest BCUT2D eigenvalue weighted by Gasteiger charge is -2.09. The molecule has 6 nitrogen and oxygen atoms in total. The Morgan fingerprint density at radius 3 is 2.17 bits per heavy atom. The topological polar surface area (TPSA) is 63.3 Å². The largest absolute Gasteiger partial charge is 0.489 e. The molecule has 0 saturated carbocycles. The highest BCUT2D eigenvalue weighted by Gasteiger charge is 2.02. The number of nitrogens with zero attached hydrogens (tertiary/aromatic N) is 3. The van der Waals surface area contributed by atoms with Crippen LogP contribution in [0.3, 0.4) is 0 Å². The number of hydrogen-bond acceptors (Lipinski definition) is 6. The third-order valence-corrected chi connectivity index (χ3v) is 3.68. The van der Waals surface area contributed by atoms with E-state index >= 15 is 0 Å². The van der Waals surface area contributed by atoms with Crippen LogP contribution in [-0.4, -0.2) is 33.4 Å². The molecule has 0 saturated heterocycles. The predicted octanol–water partition coefficient (Wildman–Crippen LogP) is 5.72. The molecule has 2 aromatic heterocycles. The highest BCUT2D eigenvalue weighted by Crippen LogP contribution is 2.21. The molecule has 0 aliphatic rings. The Balaban J connectivity index is 0.00000148. The third kappa shape index (κ3) is 9.74. The zero-order valence-corrected chi connectivity index (χ0v) is 19.8. The molecule has 160 valence electrons. The van der Waals surface area contributed by atoms with E-state index in [4.69, 9.17) is 8.92 Å². The Hall–Kier alpha value is -2.16. The van der Waals surface area contributed by atoms with E-state index in [1.54, 1.807) is 18.7 Å². The van der Waals surface area contributed by atoms with Gasteiger partial charge >= 0.3 is 0 Å². The normalized spacial score (nSPS) is 9.34. The summed E-state index contributed by atoms with van der Waals surface area (Å²) in [5.74, 6) is 1.38. The van der Waals surface area contributed by atoms with Gasteiger partial charge in [0.2, 0.25) is 5.88 Å². The van der Waals surface area contributed by atoms with Crippen LogP contribution < -0.4 is 8.92 Å². The average molecular weight is 437 g/mol. The van der Waals surface area contributed by atoms with E-state index in [0.29, 0.717) is 12.5 Å². The second-order valence-corrected chi connectivity index (χ2v) is 6.30. The summed E-state index contributed by atoms with van der Waals surface area (Å²) in [6, 6.07) is 11.6. The molecule has 0 aliphatic heterocycles. The van der Waals surface area contributed by atoms with Gasteiger partial charge in [0.05, 0.1) is 18.2 Å². The van der Waals surface area contributed by atoms with E-state index in [1.807, 2.05) is 82.5 Å². The van der Waals surface area contributed by atoms with Crippen molar-refractivity contribution in [2.45, 2.75) is 34.3 Å². The molecule has 0 aliphatic carbocycles. The number of aromatic nitrogens is 3. The van der Waals surface area contributed by atoms with Crippen molar-refractivity contribution in [3.63, 3.8) is 0 Å². The number of pyridine rings is 1. The van der Waals surface area contributed by atoms with E-state index < -0.39 is 0 Å². The molecule has 0 radical (unpaired) electrons. The molecular weight excluding hydrogens is 404 g/mol. The summed E-state index contributed by atoms with van der Waals surface area (Å²) >= 11 is 1.23. The molecule has 0 spiro atoms. The summed E-state index contributed by atoms with van der Waals surface area (Å²) in [5.41, 5.74) is 3.04. The van der Waals surface area contributed by atoms with E-state index in [1.165, 1.54) is 12.2 Å². The fourth-order valence-corrected chi connectivity index (χ4v) is 2.29. The average Bonchev–Trinajstić information content (AvgIpc) is 3.30. The van der Waals surface area contributed by atoms with Gasteiger partial charge in [0.1, 0.15) is 24.6 Å². The minimum Gasteiger partial charge on any atom is -0.489 e. The van der Waals surface area contributed by atoms with E-state index in [-0.39, 0.29) is 13.5 Å². The lowest BCUT2D eigenvalue weighted by atomic mass is 10.2. The smallest absolute Gasteiger partial charge is 0.229 e. The van der Waals surface area contributed by atoms with Gasteiger partial charge in [0.25, 0.3) is 0 Å². The van der Waals surface area contributed by atoms with Crippen LogP contribution in [0.25, 0.3) is 11.3 Å². The van der Waals surface area contributed by atoms with Gasteiger partial charge < -0.3 is 13.9 Å². The van der Waals surface area contributed by atoms with Gasteiger partial charge in [-0.3, -0.25) is 0 Å². The van der Waals surface area contributed by atoms with Crippen molar-refractivity contribution in [3.8, 4) is 22.9 Å². The standard InChI is InChI=1S/C17H18N4O2S.2C2H6.H2S/c1-21(2)24-23-17-8-3-13(9-19-17)11-22-15-6-4-14(5-7-15)16-10-18-12-20-16;2*1-2;/h3-10,12H,11H2,1-2H3,(H,18,20);2*1-2H3;1H2. The first-order chi connectivity index (χ1) is 13.7. The molecule has 1 N–H and O–H groups in total. The van der Waals surface area contributed by atoms with Crippen LogP contribution in [0.15, 0.2) is 55.1 Å². The molecule has 1 aromatic carbocycles. The van der Waals surface area contributed by atoms with Gasteiger partial charge in [-0.05, 0) is 35.9 Å². The van der Waals surface area contributed by atoms with Gasteiger partial charge in [0.15, 0.2) is 0 Å². The molecule has 0 amide bonds. The Kier molecular flexibility index (Phi) is 14.6. The molecule has 0 unspecified atom stereocenters. The molecule has 0 fully saturated rings. The van der Waals surface area contributed by atoms with Gasteiger partial charge in [-0.2, -0.15) is 13.5 Å². The molecule has 3 rings (SSSR count). The zero-order chi connectivity index (χ0) is 20.8. The van der Waals surface area contributed by atoms with Crippen molar-refractivity contribution in [3.05, 3.63) is 60.7 Å². The number of H-pyrrole nitrogens is 1. The molecule has 29 heavy (non-hydrogen) atoms. The SMILES string of the molecule is CC.CC.CN(C)SOc1ccc(COc2ccc(-c3cnc[nH]3)cc2)cn1.S. The number of nitrogens with one attached hydrogen (secondary N) is 1. The lowest BCUT2D eigenvalue weighted by Crippen LogP contribution is -2.03. The minimum absolute atomic E-state index is 0. The number of aromatic amines is 1. The van der Waals surface area contributed by atoms with Crippen LogP contribution >= 0.6 is 25.7 Å². The maximum Gasteiger partial charge on any atom is 0.229 e. The maximum absolute atomic E-state index is 5.78. The monoisotopic (exact) mass is 436 g/mol. The van der Waals surface area contributed by atoms with Gasteiger partial charge in [-0.25, -0.2) is 14.3 Å². The van der Waals surface area contributed by atoms with Gasteiger partial charge in [-0.15, -0.1) is 0 Å². The number of benzene rings is 1. The quantitative estimate of drug-likeness (QED) is 0.377. The minimum atomic E-state index is 0. The fraction of sp³-hybridized carbons (Fsp3) is 0.333. The second-order valence-electron chi connectivity index (χ2n) is 5.25. The van der Waals surface area contributed by atoms with Crippen molar-refractivity contribution in [1.82, 2.24) is 19.3 Å². The second kappa shape index (κ2) is 15.7. The van der Waals surface area contributed by atoms with E-state index in [9.17, 15) is 0 Å². The highest BCUT2D eigenvalue weighted by atomic mass is 32.2. The number of imidazole rings is 1. The van der Waals surface area contributed by atoms with Crippen molar-refractivity contribution in [2.75, 3.05) is 14.1 Å². The number of hydrogen-bond donors (Lipinski definition) is 1. The summed E-state index contributed by atoms with van der Waals surface area (Å²) in [6.07, 6.45) is 5.21. The summed E-state index contributed by atoms with van der Waals surface area (Å²) in [6.45, 7) is 8.46. The Labute approximate surface area is 185 Å². The first-order valence-electron chi connectivity index (χ1n) is 9.39. The fourth-order valence-electron chi connectivity index (χ4n) is 1.97. The van der Waals surface area contributed by atoms with Crippen molar-refractivity contribution >= 4 is 25.7 Å². The molecule has 0 atom stereocenters. The maximum atomic E-state index is 5.78. The molecule has 2 heterocycles. The number of ether oxygens (including phenoxy) is 1. The van der Waals surface area contributed by atoms with E-state index in [0.717, 1.165) is 22.6 Å². The summed E-state index contributed by atoms with van der Waals surface area (Å²) in [7, 11) is 3.81. The first-order valence-corrected chi connectivity index (χ1v) is 10.1. The third-order valence-electron chi connectivity index (χ3n) is 3.14. The summed E-state index contributed by atoms with van der Waals surface area (Å²) in [4.78, 5) is 11.3. The molecule has 8 heteroatoms. The van der Waals surface area contributed by atoms with Crippen LogP contribution in [0, 0.1) is 0 Å². The molecular formula is C21H32N4O2S2. The van der Waals surface area contributed by atoms with Gasteiger partial charge in [0, 0.05) is 31.9 Å². The summed E-state index contributed by atoms with van der Waals surface area (Å²) in [5, 5.41) is 0. The highest BCUT2D eigenvalue weighted by molar-refractivity contribution is 7.92. The van der Waals surface area contributed by atoms with Gasteiger partial charge in [-0.1, -0.05) is 27.7 Å². The lowest BCUT2D eigenvalue weighted by molar-refractivity contribution is 0.305. The first kappa shape index (κ1) is 26.8. The Bertz CT molecular complexity index is 749. The van der Waals surface area contributed by atoms with Crippen molar-refractivity contribution < 1.29 is 8.92 Å². The zero-order valence-electron chi connectivity index (χ0n) is 18.0. The van der Waals surface area contributed by atoms with Crippen molar-refractivity contribution in [2.24, 2.45) is 0 Å². The number of rotatable bonds is 7. The Morgan fingerprint density at radius 2 is 1.66 bits per heavy atom. The van der Waals surface area contributed by atoms with Crippen LogP contribution in [-0.2, 0) is 6.61 Å². The van der Waals surface area contributed by atoms with Crippen LogP contribution in [0.4, 0.5) is 0 Å². The van der Waals surface area contributed by atoms with Crippen LogP contribution in [0.1, 0.15) is 33.3 Å². The van der Waals surface area contributed by atoms with Crippen molar-refractivity contribution in [1.29, 1.82) is 0 Å². The molecule has 3 aromatic rings. The van der Waals surface area contributed by atoms with E-state index in [2.05, 4.69) is 15.0 Å². The summed E-state index contributed by atoms with van der Waals surface area (Å²) < 4.78 is 13.1.